The van der Waals surface area contributed by atoms with Crippen LogP contribution in [0.2, 0.25) is 0 Å². The molecule has 0 aliphatic rings. The van der Waals surface area contributed by atoms with Crippen LogP contribution in [-0.4, -0.2) is 47.2 Å². The molecule has 0 saturated heterocycles. The van der Waals surface area contributed by atoms with E-state index < -0.39 is 59.9 Å². The van der Waals surface area contributed by atoms with Gasteiger partial charge in [0.1, 0.15) is 0 Å². The van der Waals surface area contributed by atoms with E-state index >= 15 is 0 Å². The van der Waals surface area contributed by atoms with Gasteiger partial charge in [0.25, 0.3) is 11.6 Å². The van der Waals surface area contributed by atoms with Gasteiger partial charge < -0.3 is 21.2 Å². The van der Waals surface area contributed by atoms with Crippen molar-refractivity contribution in [2.75, 3.05) is 0 Å². The van der Waals surface area contributed by atoms with Gasteiger partial charge in [0, 0.05) is 0 Å². The third kappa shape index (κ3) is 16.6. The van der Waals surface area contributed by atoms with Crippen molar-refractivity contribution in [1.82, 2.24) is 0 Å². The molecular weight excluding hydrogens is 503 g/mol. The molecule has 6 nitrogen and oxygen atoms in total. The average molecular weight is 509 g/mol. The summed E-state index contributed by atoms with van der Waals surface area (Å²) in [7, 11) is 0. The molecule has 0 saturated carbocycles. The summed E-state index contributed by atoms with van der Waals surface area (Å²) in [5, 5.41) is 19.6. The summed E-state index contributed by atoms with van der Waals surface area (Å²) in [4.78, 5) is 19.6. The van der Waals surface area contributed by atoms with Gasteiger partial charge in [0.05, 0.1) is 0 Å². The van der Waals surface area contributed by atoms with Gasteiger partial charge in [0.15, 0.2) is 0 Å². The van der Waals surface area contributed by atoms with Crippen LogP contribution < -0.4 is 10.2 Å². The number of hydrogen-bond acceptors (Lipinski definition) is 4. The number of carbonyl (C=O) groups is 2. The van der Waals surface area contributed by atoms with Gasteiger partial charge in [-0.2, -0.15) is 52.7 Å². The van der Waals surface area contributed by atoms with Gasteiger partial charge in [-0.05, 0) is 23.7 Å². The number of carbonyl (C=O) groups excluding carboxylic acids is 2. The maximum absolute atomic E-state index is 11.3. The normalized spacial score (nSPS) is 13.0. The standard InChI is InChI=1S/2C5H2F6O2.Co.2H2O/c2*6-4(7,8)2(12)1-3(13)5(9,10)11;;;/h2*1,12H;;2*1H2/q;;+2;;/p-2/b2*2-1-;;;. The van der Waals surface area contributed by atoms with Gasteiger partial charge in [-0.15, -0.1) is 0 Å². The van der Waals surface area contributed by atoms with Crippen LogP contribution in [0.25, 0.3) is 0 Å². The van der Waals surface area contributed by atoms with E-state index in [2.05, 4.69) is 0 Å². The quantitative estimate of drug-likeness (QED) is 0.298. The van der Waals surface area contributed by atoms with Crippen molar-refractivity contribution in [3.05, 3.63) is 23.7 Å². The van der Waals surface area contributed by atoms with Crippen LogP contribution in [0.5, 0.6) is 0 Å². The Bertz CT molecular complexity index is 532. The van der Waals surface area contributed by atoms with Crippen molar-refractivity contribution < 1.29 is 100 Å². The molecule has 0 heterocycles. The van der Waals surface area contributed by atoms with Gasteiger partial charge in [-0.1, -0.05) is 0 Å². The summed E-state index contributed by atoms with van der Waals surface area (Å²) in [6.07, 6.45) is -23.9. The summed E-state index contributed by atoms with van der Waals surface area (Å²) in [5.41, 5.74) is 0. The summed E-state index contributed by atoms with van der Waals surface area (Å²) in [6, 6.07) is 0. The van der Waals surface area contributed by atoms with Crippen LogP contribution in [0.1, 0.15) is 0 Å². The molecule has 0 aromatic rings. The second kappa shape index (κ2) is 12.5. The number of hydrogen-bond donors (Lipinski definition) is 0. The van der Waals surface area contributed by atoms with E-state index in [1.165, 1.54) is 0 Å². The van der Waals surface area contributed by atoms with Gasteiger partial charge >= 0.3 is 41.5 Å². The van der Waals surface area contributed by atoms with E-state index in [-0.39, 0.29) is 27.7 Å². The summed E-state index contributed by atoms with van der Waals surface area (Å²) in [5.74, 6) is -11.3. The minimum absolute atomic E-state index is 0. The molecule has 0 unspecified atom stereocenters. The van der Waals surface area contributed by atoms with Crippen molar-refractivity contribution in [2.24, 2.45) is 0 Å². The number of halogens is 12. The van der Waals surface area contributed by atoms with E-state index in [1.807, 2.05) is 0 Å². The molecule has 4 N–H and O–H groups in total. The van der Waals surface area contributed by atoms with Crippen LogP contribution in [0.4, 0.5) is 52.7 Å². The number of alkyl halides is 12. The molecule has 0 fully saturated rings. The third-order valence-corrected chi connectivity index (χ3v) is 1.64. The van der Waals surface area contributed by atoms with Crippen LogP contribution in [0, 0.1) is 0 Å². The SMILES string of the molecule is O.O.O=C(/C=C(\[O-])C(F)(F)F)C(F)(F)F.O=C(/C=C(\[O-])C(F)(F)F)C(F)(F)F.[Co+2]. The van der Waals surface area contributed by atoms with Crippen molar-refractivity contribution in [3.63, 3.8) is 0 Å². The first-order chi connectivity index (χ1) is 11.1. The van der Waals surface area contributed by atoms with E-state index in [9.17, 15) is 72.5 Å². The molecule has 0 amide bonds. The smallest absolute Gasteiger partial charge is 0.869 e. The Balaban J connectivity index is -0.000000120. The van der Waals surface area contributed by atoms with E-state index in [4.69, 9.17) is 0 Å². The van der Waals surface area contributed by atoms with E-state index in [1.54, 1.807) is 0 Å². The predicted molar refractivity (Wildman–Crippen MR) is 57.6 cm³/mol. The Labute approximate surface area is 161 Å². The van der Waals surface area contributed by atoms with E-state index in [0.29, 0.717) is 0 Å². The molecule has 0 rings (SSSR count). The van der Waals surface area contributed by atoms with Gasteiger partial charge in [0.2, 0.25) is 0 Å². The molecule has 0 aliphatic heterocycles. The number of ketones is 2. The first kappa shape index (κ1) is 37.7. The molecule has 19 heteroatoms. The number of rotatable bonds is 2. The zero-order valence-electron chi connectivity index (χ0n) is 12.7. The van der Waals surface area contributed by atoms with Crippen molar-refractivity contribution in [3.8, 4) is 0 Å². The average Bonchev–Trinajstić information content (AvgIpc) is 2.34. The Kier molecular flexibility index (Phi) is 16.3. The molecule has 0 aliphatic carbocycles. The first-order valence-corrected chi connectivity index (χ1v) is 5.24. The number of allylic oxidation sites excluding steroid dienone is 4. The maximum Gasteiger partial charge on any atom is 2.00 e. The molecule has 175 valence electrons. The van der Waals surface area contributed by atoms with Crippen LogP contribution in [0.15, 0.2) is 23.7 Å². The van der Waals surface area contributed by atoms with Crippen LogP contribution >= 0.6 is 0 Å². The molecule has 1 radical (unpaired) electrons. The molecule has 0 bridgehead atoms. The molecule has 0 aromatic carbocycles. The largest absolute Gasteiger partial charge is 2.00 e. The zero-order valence-corrected chi connectivity index (χ0v) is 13.7. The summed E-state index contributed by atoms with van der Waals surface area (Å²) >= 11 is 0. The van der Waals surface area contributed by atoms with Crippen molar-refractivity contribution >= 4 is 11.6 Å². The Hall–Kier alpha value is -1.99. The van der Waals surface area contributed by atoms with Crippen LogP contribution in [0.3, 0.4) is 0 Å². The zero-order chi connectivity index (χ0) is 21.7. The van der Waals surface area contributed by atoms with Crippen molar-refractivity contribution in [1.29, 1.82) is 0 Å². The first-order valence-electron chi connectivity index (χ1n) is 5.24. The Morgan fingerprint density at radius 1 is 0.517 bits per heavy atom. The summed E-state index contributed by atoms with van der Waals surface area (Å²) < 4.78 is 136. The van der Waals surface area contributed by atoms with Gasteiger partial charge in [-0.3, -0.25) is 9.59 Å². The maximum atomic E-state index is 11.3. The van der Waals surface area contributed by atoms with Crippen LogP contribution in [-0.2, 0) is 26.4 Å². The second-order valence-corrected chi connectivity index (χ2v) is 3.74. The molecular formula is C10H6CoF12O6. The monoisotopic (exact) mass is 509 g/mol. The van der Waals surface area contributed by atoms with Crippen molar-refractivity contribution in [2.45, 2.75) is 24.7 Å². The summed E-state index contributed by atoms with van der Waals surface area (Å²) in [6.45, 7) is 0. The third-order valence-electron chi connectivity index (χ3n) is 1.64. The fraction of sp³-hybridized carbons (Fsp3) is 0.400. The Morgan fingerprint density at radius 2 is 0.690 bits per heavy atom. The Morgan fingerprint density at radius 3 is 0.793 bits per heavy atom. The molecule has 0 atom stereocenters. The van der Waals surface area contributed by atoms with Gasteiger partial charge in [-0.25, -0.2) is 0 Å². The minimum atomic E-state index is -5.46. The van der Waals surface area contributed by atoms with E-state index in [0.717, 1.165) is 0 Å². The molecule has 0 spiro atoms. The minimum Gasteiger partial charge on any atom is -0.869 e. The topological polar surface area (TPSA) is 143 Å². The molecule has 29 heavy (non-hydrogen) atoms. The second-order valence-electron chi connectivity index (χ2n) is 3.74. The fourth-order valence-corrected chi connectivity index (χ4v) is 0.565. The predicted octanol–water partition coefficient (Wildman–Crippen LogP) is 0.197. The molecule has 0 aromatic heterocycles. The fourth-order valence-electron chi connectivity index (χ4n) is 0.565.